The van der Waals surface area contributed by atoms with Gasteiger partial charge in [0.25, 0.3) is 0 Å². The average molecular weight is 381 g/mol. The van der Waals surface area contributed by atoms with Gasteiger partial charge >= 0.3 is 6.18 Å². The maximum Gasteiger partial charge on any atom is 0.416 e. The molecule has 0 aromatic carbocycles. The summed E-state index contributed by atoms with van der Waals surface area (Å²) in [5, 5.41) is 0. The summed E-state index contributed by atoms with van der Waals surface area (Å²) in [6, 6.07) is 1.12. The van der Waals surface area contributed by atoms with Crippen molar-refractivity contribution in [3.8, 4) is 0 Å². The van der Waals surface area contributed by atoms with E-state index in [2.05, 4.69) is 4.98 Å². The Morgan fingerprint density at radius 2 is 1.81 bits per heavy atom. The van der Waals surface area contributed by atoms with E-state index >= 15 is 0 Å². The highest BCUT2D eigenvalue weighted by Gasteiger charge is 2.51. The normalized spacial score (nSPS) is 30.2. The summed E-state index contributed by atoms with van der Waals surface area (Å²) in [6.07, 6.45) is -1.12. The van der Waals surface area contributed by atoms with Gasteiger partial charge in [-0.2, -0.15) is 13.2 Å². The van der Waals surface area contributed by atoms with Crippen LogP contribution >= 0.6 is 0 Å². The lowest BCUT2D eigenvalue weighted by Crippen LogP contribution is -2.48. The second-order valence-corrected chi connectivity index (χ2v) is 8.65. The van der Waals surface area contributed by atoms with Gasteiger partial charge in [0.1, 0.15) is 5.82 Å². The number of pyridine rings is 1. The van der Waals surface area contributed by atoms with E-state index in [1.165, 1.54) is 6.20 Å². The van der Waals surface area contributed by atoms with Crippen LogP contribution in [0, 0.1) is 23.7 Å². The van der Waals surface area contributed by atoms with Crippen molar-refractivity contribution in [1.29, 1.82) is 0 Å². The van der Waals surface area contributed by atoms with Gasteiger partial charge in [0.15, 0.2) is 0 Å². The highest BCUT2D eigenvalue weighted by molar-refractivity contribution is 5.78. The fourth-order valence-corrected chi connectivity index (χ4v) is 5.63. The van der Waals surface area contributed by atoms with Gasteiger partial charge in [-0.15, -0.1) is 0 Å². The Balaban J connectivity index is 1.67. The lowest BCUT2D eigenvalue weighted by molar-refractivity contribution is -0.138. The third kappa shape index (κ3) is 2.99. The van der Waals surface area contributed by atoms with Crippen LogP contribution in [-0.2, 0) is 11.0 Å². The number of likely N-dealkylation sites (N-methyl/N-ethyl adjacent to an activating group) is 1. The van der Waals surface area contributed by atoms with Crippen molar-refractivity contribution in [2.24, 2.45) is 23.7 Å². The van der Waals surface area contributed by atoms with Crippen molar-refractivity contribution in [2.75, 3.05) is 31.6 Å². The second kappa shape index (κ2) is 6.38. The Kier molecular flexibility index (Phi) is 4.39. The lowest BCUT2D eigenvalue weighted by Gasteiger charge is -2.41. The van der Waals surface area contributed by atoms with Crippen LogP contribution in [0.15, 0.2) is 12.3 Å². The smallest absolute Gasteiger partial charge is 0.359 e. The second-order valence-electron chi connectivity index (χ2n) is 8.65. The number of hydrogen-bond acceptors (Lipinski definition) is 3. The standard InChI is InChI=1S/C20H26F3N3O/c1-11(2)19(27)26-8-12-4-5-13(9-26)16(12)14-10-25(3)18-17(14)15(6-7-24-18)20(21,22)23/h6-7,11-14,16H,4-5,8-10H2,1-3H3. The Morgan fingerprint density at radius 3 is 2.37 bits per heavy atom. The van der Waals surface area contributed by atoms with E-state index in [0.29, 0.717) is 31.0 Å². The molecule has 1 saturated carbocycles. The van der Waals surface area contributed by atoms with Gasteiger partial charge in [-0.3, -0.25) is 4.79 Å². The van der Waals surface area contributed by atoms with Gasteiger partial charge in [-0.1, -0.05) is 13.8 Å². The van der Waals surface area contributed by atoms with Crippen molar-refractivity contribution < 1.29 is 18.0 Å². The molecular formula is C20H26F3N3O. The minimum Gasteiger partial charge on any atom is -0.359 e. The zero-order chi connectivity index (χ0) is 19.5. The number of piperidine rings is 1. The molecule has 0 spiro atoms. The number of likely N-dealkylation sites (tertiary alicyclic amines) is 1. The molecule has 3 unspecified atom stereocenters. The summed E-state index contributed by atoms with van der Waals surface area (Å²) in [5.74, 6) is 1.16. The van der Waals surface area contributed by atoms with Crippen LogP contribution in [-0.4, -0.2) is 42.5 Å². The number of aromatic nitrogens is 1. The zero-order valence-electron chi connectivity index (χ0n) is 16.0. The van der Waals surface area contributed by atoms with Gasteiger partial charge in [0.05, 0.1) is 5.56 Å². The number of alkyl halides is 3. The Hall–Kier alpha value is -1.79. The number of halogens is 3. The van der Waals surface area contributed by atoms with Crippen LogP contribution in [0.1, 0.15) is 43.7 Å². The van der Waals surface area contributed by atoms with Crippen LogP contribution in [0.25, 0.3) is 0 Å². The third-order valence-electron chi connectivity index (χ3n) is 6.65. The van der Waals surface area contributed by atoms with Crippen LogP contribution in [0.3, 0.4) is 0 Å². The number of fused-ring (bicyclic) bond motifs is 3. The molecule has 7 heteroatoms. The van der Waals surface area contributed by atoms with Crippen molar-refractivity contribution in [3.63, 3.8) is 0 Å². The van der Waals surface area contributed by atoms with E-state index in [0.717, 1.165) is 18.9 Å². The predicted molar refractivity (Wildman–Crippen MR) is 96.4 cm³/mol. The monoisotopic (exact) mass is 381 g/mol. The first kappa shape index (κ1) is 18.6. The van der Waals surface area contributed by atoms with Crippen LogP contribution in [0.4, 0.5) is 19.0 Å². The van der Waals surface area contributed by atoms with E-state index < -0.39 is 11.7 Å². The molecule has 1 aromatic heterocycles. The van der Waals surface area contributed by atoms with E-state index in [1.54, 1.807) is 0 Å². The third-order valence-corrected chi connectivity index (χ3v) is 6.65. The van der Waals surface area contributed by atoms with Gasteiger partial charge < -0.3 is 9.80 Å². The van der Waals surface area contributed by atoms with Gasteiger partial charge in [0, 0.05) is 50.3 Å². The molecule has 1 saturated heterocycles. The van der Waals surface area contributed by atoms with Crippen molar-refractivity contribution in [3.05, 3.63) is 23.4 Å². The fourth-order valence-electron chi connectivity index (χ4n) is 5.63. The molecule has 2 aliphatic heterocycles. The van der Waals surface area contributed by atoms with Crippen molar-refractivity contribution in [2.45, 2.75) is 38.8 Å². The molecule has 4 rings (SSSR count). The maximum atomic E-state index is 13.7. The maximum absolute atomic E-state index is 13.7. The molecule has 2 bridgehead atoms. The Morgan fingerprint density at radius 1 is 1.19 bits per heavy atom. The molecule has 148 valence electrons. The van der Waals surface area contributed by atoms with Crippen LogP contribution < -0.4 is 4.90 Å². The molecule has 1 aromatic rings. The minimum absolute atomic E-state index is 0.0414. The van der Waals surface area contributed by atoms with Gasteiger partial charge in [-0.05, 0) is 36.7 Å². The molecule has 0 radical (unpaired) electrons. The highest BCUT2D eigenvalue weighted by Crippen LogP contribution is 2.54. The first-order valence-corrected chi connectivity index (χ1v) is 9.74. The molecule has 4 nitrogen and oxygen atoms in total. The molecule has 3 heterocycles. The van der Waals surface area contributed by atoms with E-state index in [-0.39, 0.29) is 35.5 Å². The number of anilines is 1. The van der Waals surface area contributed by atoms with Crippen LogP contribution in [0.2, 0.25) is 0 Å². The molecule has 1 amide bonds. The first-order valence-electron chi connectivity index (χ1n) is 9.74. The average Bonchev–Trinajstić information content (AvgIpc) is 3.06. The molecule has 1 aliphatic carbocycles. The van der Waals surface area contributed by atoms with Gasteiger partial charge in [-0.25, -0.2) is 4.98 Å². The predicted octanol–water partition coefficient (Wildman–Crippen LogP) is 3.77. The summed E-state index contributed by atoms with van der Waals surface area (Å²) in [7, 11) is 1.82. The molecule has 0 N–H and O–H groups in total. The highest BCUT2D eigenvalue weighted by atomic mass is 19.4. The SMILES string of the molecule is CC(C)C(=O)N1CC2CCC(C1)C2C1CN(C)c2nccc(C(F)(F)F)c21. The van der Waals surface area contributed by atoms with E-state index in [1.807, 2.05) is 30.7 Å². The summed E-state index contributed by atoms with van der Waals surface area (Å²) in [5.41, 5.74) is -0.167. The van der Waals surface area contributed by atoms with E-state index in [9.17, 15) is 18.0 Å². The van der Waals surface area contributed by atoms with Crippen molar-refractivity contribution in [1.82, 2.24) is 9.88 Å². The number of nitrogens with zero attached hydrogens (tertiary/aromatic N) is 3. The Labute approximate surface area is 157 Å². The molecule has 3 atom stereocenters. The lowest BCUT2D eigenvalue weighted by atomic mass is 9.73. The summed E-state index contributed by atoms with van der Waals surface area (Å²) in [6.45, 7) is 5.73. The quantitative estimate of drug-likeness (QED) is 0.782. The summed E-state index contributed by atoms with van der Waals surface area (Å²) in [4.78, 5) is 20.5. The molecular weight excluding hydrogens is 355 g/mol. The summed E-state index contributed by atoms with van der Waals surface area (Å²) < 4.78 is 41.0. The first-order chi connectivity index (χ1) is 12.7. The topological polar surface area (TPSA) is 36.4 Å². The van der Waals surface area contributed by atoms with Crippen molar-refractivity contribution >= 4 is 11.7 Å². The largest absolute Gasteiger partial charge is 0.416 e. The minimum atomic E-state index is -4.37. The van der Waals surface area contributed by atoms with Gasteiger partial charge in [0.2, 0.25) is 5.91 Å². The number of amides is 1. The molecule has 2 fully saturated rings. The number of rotatable bonds is 2. The molecule has 27 heavy (non-hydrogen) atoms. The summed E-state index contributed by atoms with van der Waals surface area (Å²) >= 11 is 0. The Bertz CT molecular complexity index is 734. The van der Waals surface area contributed by atoms with Crippen LogP contribution in [0.5, 0.6) is 0 Å². The van der Waals surface area contributed by atoms with E-state index in [4.69, 9.17) is 0 Å². The fraction of sp³-hybridized carbons (Fsp3) is 0.700. The number of carbonyl (C=O) groups excluding carboxylic acids is 1. The molecule has 3 aliphatic rings. The zero-order valence-corrected chi connectivity index (χ0v) is 16.0. The number of carbonyl (C=O) groups is 1. The number of hydrogen-bond donors (Lipinski definition) is 0.